The van der Waals surface area contributed by atoms with Crippen LogP contribution in [0.3, 0.4) is 0 Å². The molecule has 100 valence electrons. The minimum Gasteiger partial charge on any atom is -0.351 e. The third-order valence-corrected chi connectivity index (χ3v) is 2.55. The van der Waals surface area contributed by atoms with Gasteiger partial charge in [-0.1, -0.05) is 6.08 Å². The fourth-order valence-electron chi connectivity index (χ4n) is 1.65. The van der Waals surface area contributed by atoms with Gasteiger partial charge in [0.1, 0.15) is 5.82 Å². The molecule has 5 nitrogen and oxygen atoms in total. The van der Waals surface area contributed by atoms with Crippen molar-refractivity contribution in [1.29, 1.82) is 5.26 Å². The maximum atomic E-state index is 8.77. The van der Waals surface area contributed by atoms with E-state index in [1.165, 1.54) is 0 Å². The highest BCUT2D eigenvalue weighted by Crippen LogP contribution is 2.17. The van der Waals surface area contributed by atoms with Gasteiger partial charge in [-0.3, -0.25) is 0 Å². The van der Waals surface area contributed by atoms with E-state index in [1.807, 2.05) is 25.1 Å². The van der Waals surface area contributed by atoms with Gasteiger partial charge >= 0.3 is 0 Å². The van der Waals surface area contributed by atoms with Crippen LogP contribution in [-0.2, 0) is 0 Å². The van der Waals surface area contributed by atoms with Gasteiger partial charge in [0.05, 0.1) is 11.6 Å². The van der Waals surface area contributed by atoms with Gasteiger partial charge in [-0.15, -0.1) is 6.58 Å². The second-order valence-corrected chi connectivity index (χ2v) is 4.20. The minimum atomic E-state index is 0.557. The van der Waals surface area contributed by atoms with Crippen molar-refractivity contribution < 1.29 is 0 Å². The maximum absolute atomic E-state index is 8.77. The lowest BCUT2D eigenvalue weighted by molar-refractivity contribution is 1.08. The Labute approximate surface area is 118 Å². The van der Waals surface area contributed by atoms with Crippen LogP contribution >= 0.6 is 0 Å². The van der Waals surface area contributed by atoms with E-state index in [-0.39, 0.29) is 0 Å². The van der Waals surface area contributed by atoms with E-state index in [2.05, 4.69) is 33.2 Å². The number of aryl methyl sites for hydroxylation is 1. The number of rotatable bonds is 5. The topological polar surface area (TPSA) is 73.6 Å². The molecule has 0 saturated carbocycles. The fraction of sp³-hybridized carbons (Fsp3) is 0.133. The third-order valence-electron chi connectivity index (χ3n) is 2.55. The molecule has 2 aromatic rings. The molecule has 0 unspecified atom stereocenters. The first-order valence-corrected chi connectivity index (χ1v) is 6.19. The number of nitrogens with zero attached hydrogens (tertiary/aromatic N) is 3. The Kier molecular flexibility index (Phi) is 4.30. The Morgan fingerprint density at radius 3 is 2.70 bits per heavy atom. The van der Waals surface area contributed by atoms with E-state index in [9.17, 15) is 0 Å². The van der Waals surface area contributed by atoms with Crippen LogP contribution in [0.4, 0.5) is 17.5 Å². The lowest BCUT2D eigenvalue weighted by Crippen LogP contribution is -2.05. The second-order valence-electron chi connectivity index (χ2n) is 4.20. The average Bonchev–Trinajstić information content (AvgIpc) is 2.45. The lowest BCUT2D eigenvalue weighted by Gasteiger charge is -2.09. The van der Waals surface area contributed by atoms with Gasteiger partial charge in [0.25, 0.3) is 0 Å². The van der Waals surface area contributed by atoms with Crippen LogP contribution in [0.25, 0.3) is 0 Å². The maximum Gasteiger partial charge on any atom is 0.225 e. The molecule has 0 fully saturated rings. The molecule has 0 radical (unpaired) electrons. The Balaban J connectivity index is 2.17. The summed E-state index contributed by atoms with van der Waals surface area (Å²) in [6, 6.07) is 11.1. The van der Waals surface area contributed by atoms with E-state index in [0.29, 0.717) is 23.9 Å². The molecule has 1 aromatic carbocycles. The highest BCUT2D eigenvalue weighted by atomic mass is 15.1. The van der Waals surface area contributed by atoms with Crippen LogP contribution in [0.1, 0.15) is 11.3 Å². The molecule has 0 atom stereocenters. The molecule has 1 heterocycles. The van der Waals surface area contributed by atoms with Crippen LogP contribution in [0, 0.1) is 18.3 Å². The molecule has 0 aliphatic rings. The quantitative estimate of drug-likeness (QED) is 0.813. The van der Waals surface area contributed by atoms with Gasteiger partial charge in [0.2, 0.25) is 5.95 Å². The number of anilines is 3. The number of hydrogen-bond acceptors (Lipinski definition) is 5. The van der Waals surface area contributed by atoms with Crippen LogP contribution in [0.15, 0.2) is 43.0 Å². The Bertz CT molecular complexity index is 640. The molecule has 2 rings (SSSR count). The normalized spacial score (nSPS) is 9.60. The van der Waals surface area contributed by atoms with Crippen molar-refractivity contribution in [3.8, 4) is 6.07 Å². The Morgan fingerprint density at radius 2 is 2.05 bits per heavy atom. The summed E-state index contributed by atoms with van der Waals surface area (Å²) in [5, 5.41) is 15.0. The highest BCUT2D eigenvalue weighted by molar-refractivity contribution is 5.58. The molecular weight excluding hydrogens is 250 g/mol. The predicted octanol–water partition coefficient (Wildman–Crippen LogP) is 3.00. The molecule has 0 aliphatic heterocycles. The van der Waals surface area contributed by atoms with E-state index in [0.717, 1.165) is 11.4 Å². The first-order chi connectivity index (χ1) is 9.71. The van der Waals surface area contributed by atoms with Crippen LogP contribution in [0.2, 0.25) is 0 Å². The van der Waals surface area contributed by atoms with E-state index >= 15 is 0 Å². The summed E-state index contributed by atoms with van der Waals surface area (Å²) in [5.41, 5.74) is 2.36. The summed E-state index contributed by atoms with van der Waals surface area (Å²) >= 11 is 0. The highest BCUT2D eigenvalue weighted by Gasteiger charge is 2.02. The Morgan fingerprint density at radius 1 is 1.30 bits per heavy atom. The van der Waals surface area contributed by atoms with E-state index < -0.39 is 0 Å². The Hall–Kier alpha value is -2.87. The zero-order valence-corrected chi connectivity index (χ0v) is 11.2. The predicted molar refractivity (Wildman–Crippen MR) is 79.9 cm³/mol. The number of nitrogens with one attached hydrogen (secondary N) is 2. The molecule has 1 aromatic heterocycles. The molecular formula is C15H15N5. The summed E-state index contributed by atoms with van der Waals surface area (Å²) in [4.78, 5) is 8.65. The van der Waals surface area contributed by atoms with Crippen molar-refractivity contribution in [1.82, 2.24) is 9.97 Å². The monoisotopic (exact) mass is 265 g/mol. The molecule has 0 bridgehead atoms. The summed E-state index contributed by atoms with van der Waals surface area (Å²) < 4.78 is 0. The van der Waals surface area contributed by atoms with Crippen molar-refractivity contribution in [2.45, 2.75) is 6.92 Å². The van der Waals surface area contributed by atoms with Gasteiger partial charge in [-0.05, 0) is 31.2 Å². The van der Waals surface area contributed by atoms with Gasteiger partial charge in [0.15, 0.2) is 0 Å². The van der Waals surface area contributed by atoms with Crippen molar-refractivity contribution in [2.75, 3.05) is 17.2 Å². The standard InChI is InChI=1S/C15H15N5/c1-3-8-17-15-18-11(2)9-14(20-15)19-13-6-4-12(10-16)5-7-13/h3-7,9H,1,8H2,2H3,(H2,17,18,19,20). The first kappa shape index (κ1) is 13.6. The largest absolute Gasteiger partial charge is 0.351 e. The van der Waals surface area contributed by atoms with Crippen LogP contribution in [-0.4, -0.2) is 16.5 Å². The molecule has 0 aliphatic carbocycles. The number of benzene rings is 1. The summed E-state index contributed by atoms with van der Waals surface area (Å²) in [6.45, 7) is 6.16. The second kappa shape index (κ2) is 6.34. The van der Waals surface area contributed by atoms with Gasteiger partial charge in [-0.2, -0.15) is 10.2 Å². The summed E-state index contributed by atoms with van der Waals surface area (Å²) in [5.74, 6) is 1.26. The SMILES string of the molecule is C=CCNc1nc(C)cc(Nc2ccc(C#N)cc2)n1. The van der Waals surface area contributed by atoms with Gasteiger partial charge in [0, 0.05) is 24.0 Å². The van der Waals surface area contributed by atoms with Crippen LogP contribution in [0.5, 0.6) is 0 Å². The van der Waals surface area contributed by atoms with Crippen molar-refractivity contribution in [3.63, 3.8) is 0 Å². The smallest absolute Gasteiger partial charge is 0.225 e. The zero-order chi connectivity index (χ0) is 14.4. The zero-order valence-electron chi connectivity index (χ0n) is 11.2. The molecule has 5 heteroatoms. The van der Waals surface area contributed by atoms with Crippen molar-refractivity contribution in [3.05, 3.63) is 54.2 Å². The van der Waals surface area contributed by atoms with E-state index in [1.54, 1.807) is 18.2 Å². The fourth-order valence-corrected chi connectivity index (χ4v) is 1.65. The average molecular weight is 265 g/mol. The molecule has 20 heavy (non-hydrogen) atoms. The van der Waals surface area contributed by atoms with Crippen LogP contribution < -0.4 is 10.6 Å². The molecule has 0 saturated heterocycles. The van der Waals surface area contributed by atoms with Gasteiger partial charge in [-0.25, -0.2) is 4.98 Å². The number of aromatic nitrogens is 2. The number of nitriles is 1. The van der Waals surface area contributed by atoms with E-state index in [4.69, 9.17) is 5.26 Å². The van der Waals surface area contributed by atoms with Crippen molar-refractivity contribution in [2.24, 2.45) is 0 Å². The molecule has 0 amide bonds. The third kappa shape index (κ3) is 3.56. The minimum absolute atomic E-state index is 0.557. The van der Waals surface area contributed by atoms with Gasteiger partial charge < -0.3 is 10.6 Å². The molecule has 0 spiro atoms. The number of hydrogen-bond donors (Lipinski definition) is 2. The van der Waals surface area contributed by atoms with Crippen molar-refractivity contribution >= 4 is 17.5 Å². The molecule has 2 N–H and O–H groups in total. The summed E-state index contributed by atoms with van der Waals surface area (Å²) in [7, 11) is 0. The summed E-state index contributed by atoms with van der Waals surface area (Å²) in [6.07, 6.45) is 1.75. The first-order valence-electron chi connectivity index (χ1n) is 6.19. The lowest BCUT2D eigenvalue weighted by atomic mass is 10.2.